The van der Waals surface area contributed by atoms with Crippen molar-refractivity contribution in [3.8, 4) is 0 Å². The van der Waals surface area contributed by atoms with Crippen LogP contribution in [-0.2, 0) is 9.53 Å². The second-order valence-electron chi connectivity index (χ2n) is 4.84. The lowest BCUT2D eigenvalue weighted by molar-refractivity contribution is -0.138. The predicted octanol–water partition coefficient (Wildman–Crippen LogP) is 2.23. The Kier molecular flexibility index (Phi) is 8.06. The third-order valence-electron chi connectivity index (χ3n) is 3.06. The van der Waals surface area contributed by atoms with E-state index >= 15 is 0 Å². The fourth-order valence-electron chi connectivity index (χ4n) is 1.82. The topological polar surface area (TPSA) is 75.6 Å². The van der Waals surface area contributed by atoms with Gasteiger partial charge < -0.3 is 15.2 Å². The van der Waals surface area contributed by atoms with Crippen LogP contribution in [0.3, 0.4) is 0 Å². The molecule has 2 N–H and O–H groups in total. The maximum atomic E-state index is 13.8. The average Bonchev–Trinajstić information content (AvgIpc) is 2.59. The average molecular weight is 363 g/mol. The largest absolute Gasteiger partial charge is 0.462 e. The zero-order valence-electron chi connectivity index (χ0n) is 13.4. The molecule has 0 saturated carbocycles. The molecule has 0 aromatic heterocycles. The Morgan fingerprint density at radius 3 is 2.44 bits per heavy atom. The van der Waals surface area contributed by atoms with E-state index < -0.39 is 46.2 Å². The zero-order chi connectivity index (χ0) is 19.0. The summed E-state index contributed by atoms with van der Waals surface area (Å²) in [6, 6.07) is 0.176. The summed E-state index contributed by atoms with van der Waals surface area (Å²) in [5.74, 6) is -10.4. The molecule has 1 rings (SSSR count). The van der Waals surface area contributed by atoms with Gasteiger partial charge in [-0.05, 0) is 25.8 Å². The molecule has 0 atom stereocenters. The number of benzene rings is 1. The van der Waals surface area contributed by atoms with Gasteiger partial charge in [-0.15, -0.1) is 0 Å². The minimum Gasteiger partial charge on any atom is -0.462 e. The van der Waals surface area contributed by atoms with Crippen molar-refractivity contribution >= 4 is 11.8 Å². The van der Waals surface area contributed by atoms with Gasteiger partial charge >= 0.3 is 5.97 Å². The zero-order valence-corrected chi connectivity index (χ0v) is 13.4. The minimum atomic E-state index is -2.15. The van der Waals surface area contributed by atoms with Crippen molar-refractivity contribution < 1.29 is 37.0 Å². The van der Waals surface area contributed by atoms with Crippen molar-refractivity contribution in [2.75, 3.05) is 19.8 Å². The lowest BCUT2D eigenvalue weighted by atomic mass is 10.0. The summed E-state index contributed by atoms with van der Waals surface area (Å²) in [7, 11) is 0. The standard InChI is InChI=1S/C16H17F4NO4/c1-2-25-16(24)10(8-21-5-3-4-6-22)15(23)9-7-11(17)13(19)14(20)12(9)18/h7-8,21-22H,2-6H2,1H3/b10-8+. The van der Waals surface area contributed by atoms with Crippen LogP contribution in [0.2, 0.25) is 0 Å². The summed E-state index contributed by atoms with van der Waals surface area (Å²) >= 11 is 0. The summed E-state index contributed by atoms with van der Waals surface area (Å²) in [5.41, 5.74) is -1.83. The summed E-state index contributed by atoms with van der Waals surface area (Å²) < 4.78 is 58.0. The Morgan fingerprint density at radius 2 is 1.84 bits per heavy atom. The smallest absolute Gasteiger partial charge is 0.343 e. The number of hydrogen-bond acceptors (Lipinski definition) is 5. The Bertz CT molecular complexity index is 677. The maximum absolute atomic E-state index is 13.8. The van der Waals surface area contributed by atoms with Crippen LogP contribution in [0.1, 0.15) is 30.1 Å². The van der Waals surface area contributed by atoms with Gasteiger partial charge in [0.15, 0.2) is 23.3 Å². The van der Waals surface area contributed by atoms with E-state index in [-0.39, 0.29) is 25.8 Å². The fraction of sp³-hybridized carbons (Fsp3) is 0.375. The van der Waals surface area contributed by atoms with Gasteiger partial charge in [0.1, 0.15) is 5.57 Å². The molecule has 0 spiro atoms. The molecule has 0 fully saturated rings. The van der Waals surface area contributed by atoms with Gasteiger partial charge in [0, 0.05) is 19.4 Å². The van der Waals surface area contributed by atoms with Gasteiger partial charge in [-0.1, -0.05) is 0 Å². The maximum Gasteiger partial charge on any atom is 0.343 e. The molecular formula is C16H17F4NO4. The van der Waals surface area contributed by atoms with E-state index in [1.807, 2.05) is 0 Å². The van der Waals surface area contributed by atoms with Crippen LogP contribution in [0.15, 0.2) is 17.8 Å². The van der Waals surface area contributed by atoms with Crippen LogP contribution >= 0.6 is 0 Å². The molecule has 0 saturated heterocycles. The third kappa shape index (κ3) is 5.28. The molecule has 0 unspecified atom stereocenters. The summed E-state index contributed by atoms with van der Waals surface area (Å²) in [5, 5.41) is 11.3. The molecular weight excluding hydrogens is 346 g/mol. The van der Waals surface area contributed by atoms with Crippen molar-refractivity contribution in [1.82, 2.24) is 5.32 Å². The van der Waals surface area contributed by atoms with Crippen molar-refractivity contribution in [3.05, 3.63) is 46.7 Å². The SMILES string of the molecule is CCOC(=O)/C(=C/NCCCCO)C(=O)c1cc(F)c(F)c(F)c1F. The number of hydrogen-bond donors (Lipinski definition) is 2. The molecule has 0 amide bonds. The Morgan fingerprint density at radius 1 is 1.16 bits per heavy atom. The number of halogens is 4. The van der Waals surface area contributed by atoms with Gasteiger partial charge in [-0.2, -0.15) is 0 Å². The van der Waals surface area contributed by atoms with Gasteiger partial charge in [0.2, 0.25) is 5.78 Å². The number of ketones is 1. The van der Waals surface area contributed by atoms with Gasteiger partial charge in [0.05, 0.1) is 12.2 Å². The van der Waals surface area contributed by atoms with E-state index in [0.29, 0.717) is 12.8 Å². The molecule has 1 aromatic carbocycles. The molecule has 5 nitrogen and oxygen atoms in total. The normalized spacial score (nSPS) is 11.4. The molecule has 138 valence electrons. The van der Waals surface area contributed by atoms with Gasteiger partial charge in [-0.3, -0.25) is 4.79 Å². The highest BCUT2D eigenvalue weighted by Crippen LogP contribution is 2.21. The number of unbranched alkanes of at least 4 members (excludes halogenated alkanes) is 1. The van der Waals surface area contributed by atoms with Crippen LogP contribution in [0.4, 0.5) is 17.6 Å². The van der Waals surface area contributed by atoms with Gasteiger partial charge in [0.25, 0.3) is 0 Å². The Hall–Kier alpha value is -2.42. The molecule has 0 aliphatic rings. The van der Waals surface area contributed by atoms with E-state index in [0.717, 1.165) is 6.20 Å². The number of rotatable bonds is 9. The monoisotopic (exact) mass is 363 g/mol. The first-order chi connectivity index (χ1) is 11.8. The predicted molar refractivity (Wildman–Crippen MR) is 79.6 cm³/mol. The first-order valence-corrected chi connectivity index (χ1v) is 7.44. The minimum absolute atomic E-state index is 0.0472. The lowest BCUT2D eigenvalue weighted by Crippen LogP contribution is -2.22. The van der Waals surface area contributed by atoms with Crippen molar-refractivity contribution in [2.45, 2.75) is 19.8 Å². The highest BCUT2D eigenvalue weighted by atomic mass is 19.2. The third-order valence-corrected chi connectivity index (χ3v) is 3.06. The first-order valence-electron chi connectivity index (χ1n) is 7.44. The molecule has 0 bridgehead atoms. The van der Waals surface area contributed by atoms with Crippen molar-refractivity contribution in [3.63, 3.8) is 0 Å². The number of carbonyl (C=O) groups is 2. The first kappa shape index (κ1) is 20.6. The Balaban J connectivity index is 3.15. The fourth-order valence-corrected chi connectivity index (χ4v) is 1.82. The van der Waals surface area contributed by atoms with Crippen LogP contribution < -0.4 is 5.32 Å². The van der Waals surface area contributed by atoms with E-state index in [1.54, 1.807) is 0 Å². The van der Waals surface area contributed by atoms with E-state index in [1.165, 1.54) is 6.92 Å². The number of aliphatic hydroxyl groups excluding tert-OH is 1. The van der Waals surface area contributed by atoms with Crippen LogP contribution in [-0.4, -0.2) is 36.6 Å². The van der Waals surface area contributed by atoms with E-state index in [4.69, 9.17) is 5.11 Å². The molecule has 0 heterocycles. The van der Waals surface area contributed by atoms with Crippen LogP contribution in [0, 0.1) is 23.3 Å². The quantitative estimate of drug-likeness (QED) is 0.0810. The highest BCUT2D eigenvalue weighted by Gasteiger charge is 2.28. The van der Waals surface area contributed by atoms with Crippen molar-refractivity contribution in [2.24, 2.45) is 0 Å². The number of aliphatic hydroxyl groups is 1. The number of ether oxygens (including phenoxy) is 1. The van der Waals surface area contributed by atoms with Crippen molar-refractivity contribution in [1.29, 1.82) is 0 Å². The van der Waals surface area contributed by atoms with Crippen LogP contribution in [0.25, 0.3) is 0 Å². The number of nitrogens with one attached hydrogen (secondary N) is 1. The second kappa shape index (κ2) is 9.77. The number of carbonyl (C=O) groups excluding carboxylic acids is 2. The van der Waals surface area contributed by atoms with E-state index in [9.17, 15) is 27.2 Å². The lowest BCUT2D eigenvalue weighted by Gasteiger charge is -2.09. The molecule has 0 aliphatic carbocycles. The van der Waals surface area contributed by atoms with Crippen LogP contribution in [0.5, 0.6) is 0 Å². The Labute approximate surface area is 141 Å². The molecule has 0 aliphatic heterocycles. The molecule has 1 aromatic rings. The van der Waals surface area contributed by atoms with E-state index in [2.05, 4.69) is 10.1 Å². The second-order valence-corrected chi connectivity index (χ2v) is 4.84. The summed E-state index contributed by atoms with van der Waals surface area (Å²) in [4.78, 5) is 24.1. The summed E-state index contributed by atoms with van der Waals surface area (Å²) in [6.45, 7) is 1.59. The number of Topliss-reactive ketones (excluding diaryl/α,β-unsaturated/α-hetero) is 1. The molecule has 0 radical (unpaired) electrons. The highest BCUT2D eigenvalue weighted by molar-refractivity contribution is 6.24. The van der Waals surface area contributed by atoms with Gasteiger partial charge in [-0.25, -0.2) is 22.4 Å². The number of esters is 1. The summed E-state index contributed by atoms with van der Waals surface area (Å²) in [6.07, 6.45) is 1.90. The molecule has 25 heavy (non-hydrogen) atoms. The molecule has 9 heteroatoms.